The van der Waals surface area contributed by atoms with Crippen LogP contribution in [0.2, 0.25) is 0 Å². The lowest BCUT2D eigenvalue weighted by atomic mass is 9.90. The van der Waals surface area contributed by atoms with Crippen LogP contribution >= 0.6 is 0 Å². The molecule has 1 aromatic heterocycles. The summed E-state index contributed by atoms with van der Waals surface area (Å²) in [5, 5.41) is 4.64. The lowest BCUT2D eigenvalue weighted by molar-refractivity contribution is 1.20. The van der Waals surface area contributed by atoms with Gasteiger partial charge in [0.25, 0.3) is 0 Å². The van der Waals surface area contributed by atoms with E-state index in [2.05, 4.69) is 84.3 Å². The molecule has 0 fully saturated rings. The first-order valence-electron chi connectivity index (χ1n) is 8.87. The molecule has 1 aliphatic rings. The molecule has 3 aromatic carbocycles. The molecule has 5 rings (SSSR count). The van der Waals surface area contributed by atoms with E-state index in [0.717, 1.165) is 17.6 Å². The van der Waals surface area contributed by atoms with E-state index in [1.54, 1.807) is 0 Å². The summed E-state index contributed by atoms with van der Waals surface area (Å²) < 4.78 is 0. The highest BCUT2D eigenvalue weighted by Gasteiger charge is 2.17. The van der Waals surface area contributed by atoms with Gasteiger partial charge in [-0.05, 0) is 40.5 Å². The van der Waals surface area contributed by atoms with E-state index in [1.807, 2.05) is 12.1 Å². The molecule has 124 valence electrons. The number of hydrogen-bond acceptors (Lipinski definition) is 2. The average molecular weight is 334 g/mol. The van der Waals surface area contributed by atoms with Crippen molar-refractivity contribution in [1.29, 1.82) is 0 Å². The van der Waals surface area contributed by atoms with Crippen molar-refractivity contribution >= 4 is 22.2 Å². The number of anilines is 1. The van der Waals surface area contributed by atoms with Crippen molar-refractivity contribution < 1.29 is 0 Å². The van der Waals surface area contributed by atoms with E-state index >= 15 is 0 Å². The van der Waals surface area contributed by atoms with Crippen LogP contribution < -0.4 is 5.32 Å². The Morgan fingerprint density at radius 3 is 2.50 bits per heavy atom. The predicted octanol–water partition coefficient (Wildman–Crippen LogP) is 5.91. The van der Waals surface area contributed by atoms with Crippen molar-refractivity contribution in [2.24, 2.45) is 0 Å². The largest absolute Gasteiger partial charge is 0.361 e. The summed E-state index contributed by atoms with van der Waals surface area (Å²) >= 11 is 0. The molecule has 1 N–H and O–H groups in total. The van der Waals surface area contributed by atoms with Gasteiger partial charge < -0.3 is 5.32 Å². The van der Waals surface area contributed by atoms with Gasteiger partial charge in [0, 0.05) is 23.7 Å². The highest BCUT2D eigenvalue weighted by Crippen LogP contribution is 2.36. The fourth-order valence-corrected chi connectivity index (χ4v) is 3.62. The zero-order valence-corrected chi connectivity index (χ0v) is 14.3. The summed E-state index contributed by atoms with van der Waals surface area (Å²) in [5.41, 5.74) is 8.31. The van der Waals surface area contributed by atoms with Gasteiger partial charge in [-0.25, -0.2) is 4.98 Å². The minimum Gasteiger partial charge on any atom is -0.361 e. The van der Waals surface area contributed by atoms with Crippen molar-refractivity contribution in [3.8, 4) is 11.1 Å². The van der Waals surface area contributed by atoms with Gasteiger partial charge in [-0.3, -0.25) is 0 Å². The molecular formula is C24H18N2. The highest BCUT2D eigenvalue weighted by atomic mass is 14.9. The fraction of sp³-hybridized carbons (Fsp3) is 0.0417. The van der Waals surface area contributed by atoms with E-state index in [0.29, 0.717) is 0 Å². The number of allylic oxidation sites excluding steroid dienone is 1. The number of nitrogens with zero attached hydrogens (tertiary/aromatic N) is 1. The van der Waals surface area contributed by atoms with Gasteiger partial charge in [0.1, 0.15) is 0 Å². The van der Waals surface area contributed by atoms with Gasteiger partial charge in [0.2, 0.25) is 0 Å². The number of benzene rings is 3. The molecule has 2 heterocycles. The molecule has 0 unspecified atom stereocenters. The minimum atomic E-state index is 0.874. The molecule has 0 radical (unpaired) electrons. The third kappa shape index (κ3) is 2.56. The summed E-state index contributed by atoms with van der Waals surface area (Å²) in [6.07, 6.45) is 2.97. The zero-order valence-electron chi connectivity index (χ0n) is 14.3. The normalized spacial score (nSPS) is 13.0. The lowest BCUT2D eigenvalue weighted by Crippen LogP contribution is -2.07. The first-order chi connectivity index (χ1) is 12.9. The maximum absolute atomic E-state index is 4.87. The summed E-state index contributed by atoms with van der Waals surface area (Å²) in [6.45, 7) is 0. The molecule has 1 aliphatic heterocycles. The van der Waals surface area contributed by atoms with Crippen molar-refractivity contribution in [3.63, 3.8) is 0 Å². The number of fused-ring (bicyclic) bond motifs is 2. The quantitative estimate of drug-likeness (QED) is 0.493. The van der Waals surface area contributed by atoms with Crippen LogP contribution in [0, 0.1) is 0 Å². The van der Waals surface area contributed by atoms with E-state index in [-0.39, 0.29) is 0 Å². The van der Waals surface area contributed by atoms with Crippen LogP contribution in [0.4, 0.5) is 5.69 Å². The Morgan fingerprint density at radius 1 is 0.731 bits per heavy atom. The summed E-state index contributed by atoms with van der Waals surface area (Å²) in [5.74, 6) is 0. The number of rotatable bonds is 2. The second-order valence-electron chi connectivity index (χ2n) is 6.58. The summed E-state index contributed by atoms with van der Waals surface area (Å²) in [7, 11) is 0. The van der Waals surface area contributed by atoms with Crippen LogP contribution in [0.1, 0.15) is 11.3 Å². The predicted molar refractivity (Wildman–Crippen MR) is 109 cm³/mol. The first kappa shape index (κ1) is 14.9. The number of nitrogens with one attached hydrogen (secondary N) is 1. The topological polar surface area (TPSA) is 24.9 Å². The van der Waals surface area contributed by atoms with Crippen molar-refractivity contribution in [1.82, 2.24) is 4.98 Å². The molecule has 4 aromatic rings. The molecule has 2 nitrogen and oxygen atoms in total. The maximum Gasteiger partial charge on any atom is 0.0709 e. The van der Waals surface area contributed by atoms with Gasteiger partial charge in [-0.2, -0.15) is 0 Å². The minimum absolute atomic E-state index is 0.874. The maximum atomic E-state index is 4.87. The van der Waals surface area contributed by atoms with E-state index < -0.39 is 0 Å². The molecule has 0 atom stereocenters. The molecule has 0 spiro atoms. The molecule has 0 aliphatic carbocycles. The Morgan fingerprint density at radius 2 is 1.58 bits per heavy atom. The third-order valence-corrected chi connectivity index (χ3v) is 4.96. The molecule has 2 heteroatoms. The molecular weight excluding hydrogens is 316 g/mol. The number of aromatic nitrogens is 1. The first-order valence-corrected chi connectivity index (χ1v) is 8.87. The van der Waals surface area contributed by atoms with Gasteiger partial charge >= 0.3 is 0 Å². The molecule has 0 bridgehead atoms. The Kier molecular flexibility index (Phi) is 3.53. The molecule has 0 amide bonds. The smallest absolute Gasteiger partial charge is 0.0709 e. The van der Waals surface area contributed by atoms with E-state index in [1.165, 1.54) is 33.3 Å². The number of para-hydroxylation sites is 1. The van der Waals surface area contributed by atoms with Gasteiger partial charge in [0.05, 0.1) is 11.2 Å². The monoisotopic (exact) mass is 334 g/mol. The highest BCUT2D eigenvalue weighted by molar-refractivity contribution is 5.85. The van der Waals surface area contributed by atoms with Gasteiger partial charge in [-0.1, -0.05) is 66.7 Å². The second-order valence-corrected chi connectivity index (χ2v) is 6.58. The number of hydrogen-bond donors (Lipinski definition) is 1. The molecule has 0 saturated carbocycles. The van der Waals surface area contributed by atoms with Crippen LogP contribution in [0.3, 0.4) is 0 Å². The SMILES string of the molecule is C1=C(c2ccc3ccccc3n2)Cc2c(cccc2-c2ccccc2)N1. The van der Waals surface area contributed by atoms with Crippen molar-refractivity contribution in [2.75, 3.05) is 5.32 Å². The zero-order chi connectivity index (χ0) is 17.3. The van der Waals surface area contributed by atoms with Crippen LogP contribution in [0.5, 0.6) is 0 Å². The number of pyridine rings is 1. The van der Waals surface area contributed by atoms with Crippen LogP contribution in [0.15, 0.2) is 91.1 Å². The standard InChI is InChI=1S/C24H18N2/c1-2-7-17(8-3-1)20-10-6-12-24-21(20)15-19(16-25-24)23-14-13-18-9-4-5-11-22(18)26-23/h1-14,16,25H,15H2. The Hall–Kier alpha value is -3.39. The molecule has 26 heavy (non-hydrogen) atoms. The van der Waals surface area contributed by atoms with E-state index in [4.69, 9.17) is 4.98 Å². The third-order valence-electron chi connectivity index (χ3n) is 4.96. The lowest BCUT2D eigenvalue weighted by Gasteiger charge is -2.21. The van der Waals surface area contributed by atoms with Crippen LogP contribution in [0.25, 0.3) is 27.6 Å². The fourth-order valence-electron chi connectivity index (χ4n) is 3.62. The van der Waals surface area contributed by atoms with Gasteiger partial charge in [0.15, 0.2) is 0 Å². The Balaban J connectivity index is 1.57. The van der Waals surface area contributed by atoms with Gasteiger partial charge in [-0.15, -0.1) is 0 Å². The van der Waals surface area contributed by atoms with Crippen molar-refractivity contribution in [2.45, 2.75) is 6.42 Å². The molecule has 0 saturated heterocycles. The van der Waals surface area contributed by atoms with Crippen LogP contribution in [-0.2, 0) is 6.42 Å². The van der Waals surface area contributed by atoms with E-state index in [9.17, 15) is 0 Å². The van der Waals surface area contributed by atoms with Crippen LogP contribution in [-0.4, -0.2) is 4.98 Å². The Bertz CT molecular complexity index is 1130. The Labute approximate surface area is 152 Å². The summed E-state index contributed by atoms with van der Waals surface area (Å²) in [6, 6.07) is 29.6. The second kappa shape index (κ2) is 6.16. The van der Waals surface area contributed by atoms with Crippen molar-refractivity contribution in [3.05, 3.63) is 102 Å². The summed E-state index contributed by atoms with van der Waals surface area (Å²) in [4.78, 5) is 4.87. The average Bonchev–Trinajstić information content (AvgIpc) is 2.73.